The van der Waals surface area contributed by atoms with Gasteiger partial charge in [0.1, 0.15) is 6.04 Å². The Labute approximate surface area is 154 Å². The van der Waals surface area contributed by atoms with Crippen LogP contribution < -0.4 is 0 Å². The summed E-state index contributed by atoms with van der Waals surface area (Å²) >= 11 is 0. The molecular formula is C19H25NO5S. The van der Waals surface area contributed by atoms with Gasteiger partial charge in [-0.1, -0.05) is 30.5 Å². The Morgan fingerprint density at radius 3 is 2.46 bits per heavy atom. The van der Waals surface area contributed by atoms with Crippen molar-refractivity contribution in [3.8, 4) is 0 Å². The molecule has 3 rings (SSSR count). The van der Waals surface area contributed by atoms with Gasteiger partial charge in [0.15, 0.2) is 9.84 Å². The molecule has 3 atom stereocenters. The number of aliphatic carboxylic acids is 1. The molecule has 1 heterocycles. The molecule has 26 heavy (non-hydrogen) atoms. The second kappa shape index (κ2) is 7.39. The van der Waals surface area contributed by atoms with Crippen molar-refractivity contribution in [2.75, 3.05) is 5.75 Å². The van der Waals surface area contributed by atoms with Crippen molar-refractivity contribution >= 4 is 21.7 Å². The van der Waals surface area contributed by atoms with Crippen LogP contribution in [-0.4, -0.2) is 48.1 Å². The molecular weight excluding hydrogens is 354 g/mol. The van der Waals surface area contributed by atoms with Crippen molar-refractivity contribution in [3.05, 3.63) is 29.8 Å². The largest absolute Gasteiger partial charge is 0.480 e. The molecule has 0 spiro atoms. The highest BCUT2D eigenvalue weighted by Gasteiger charge is 2.47. The molecule has 1 aromatic rings. The number of sulfone groups is 1. The minimum Gasteiger partial charge on any atom is -0.480 e. The first-order valence-electron chi connectivity index (χ1n) is 9.13. The minimum atomic E-state index is -3.56. The number of amides is 1. The summed E-state index contributed by atoms with van der Waals surface area (Å²) in [5, 5.41) is 9.50. The Morgan fingerprint density at radius 2 is 1.81 bits per heavy atom. The molecule has 1 N–H and O–H groups in total. The summed E-state index contributed by atoms with van der Waals surface area (Å²) in [5.74, 6) is -1.42. The Balaban J connectivity index is 1.71. The molecule has 1 aliphatic carbocycles. The number of aryl methyl sites for hydroxylation is 1. The molecule has 0 radical (unpaired) electrons. The van der Waals surface area contributed by atoms with Gasteiger partial charge in [-0.2, -0.15) is 0 Å². The lowest BCUT2D eigenvalue weighted by Crippen LogP contribution is -2.46. The number of nitrogens with zero attached hydrogens (tertiary/aromatic N) is 1. The summed E-state index contributed by atoms with van der Waals surface area (Å²) in [6, 6.07) is 5.66. The number of hydrogen-bond donors (Lipinski definition) is 1. The van der Waals surface area contributed by atoms with Crippen molar-refractivity contribution in [3.63, 3.8) is 0 Å². The summed E-state index contributed by atoms with van der Waals surface area (Å²) in [5.41, 5.74) is 0.963. The van der Waals surface area contributed by atoms with Crippen LogP contribution in [0.5, 0.6) is 0 Å². The second-order valence-electron chi connectivity index (χ2n) is 7.38. The van der Waals surface area contributed by atoms with Crippen LogP contribution in [0.2, 0.25) is 0 Å². The van der Waals surface area contributed by atoms with E-state index in [0.29, 0.717) is 6.42 Å². The Hall–Kier alpha value is -1.89. The Bertz CT molecular complexity index is 787. The van der Waals surface area contributed by atoms with E-state index in [1.54, 1.807) is 24.3 Å². The normalized spacial score (nSPS) is 25.7. The highest BCUT2D eigenvalue weighted by Crippen LogP contribution is 2.40. The SMILES string of the molecule is Cc1ccc(S(=O)(=O)CCC(=O)N2[C@@H]3CCCC[C@@H]3C[C@H]2C(=O)O)cc1. The molecule has 1 aliphatic heterocycles. The molecule has 1 saturated heterocycles. The van der Waals surface area contributed by atoms with Crippen molar-refractivity contribution in [2.45, 2.75) is 62.4 Å². The summed E-state index contributed by atoms with van der Waals surface area (Å²) in [7, 11) is -3.56. The predicted octanol–water partition coefficient (Wildman–Crippen LogP) is 2.40. The highest BCUT2D eigenvalue weighted by molar-refractivity contribution is 7.91. The Morgan fingerprint density at radius 1 is 1.15 bits per heavy atom. The maximum atomic E-state index is 12.7. The van der Waals surface area contributed by atoms with Crippen LogP contribution in [0.4, 0.5) is 0 Å². The number of hydrogen-bond acceptors (Lipinski definition) is 4. The first-order chi connectivity index (χ1) is 12.3. The molecule has 7 heteroatoms. The van der Waals surface area contributed by atoms with E-state index in [0.717, 1.165) is 31.2 Å². The lowest BCUT2D eigenvalue weighted by atomic mass is 9.84. The van der Waals surface area contributed by atoms with Gasteiger partial charge in [-0.25, -0.2) is 13.2 Å². The molecule has 0 unspecified atom stereocenters. The number of rotatable bonds is 5. The van der Waals surface area contributed by atoms with Crippen molar-refractivity contribution in [1.82, 2.24) is 4.90 Å². The summed E-state index contributed by atoms with van der Waals surface area (Å²) in [6.07, 6.45) is 4.11. The van der Waals surface area contributed by atoms with Crippen molar-refractivity contribution < 1.29 is 23.1 Å². The first kappa shape index (κ1) is 18.9. The fraction of sp³-hybridized carbons (Fsp3) is 0.579. The topological polar surface area (TPSA) is 91.8 Å². The van der Waals surface area contributed by atoms with E-state index in [1.807, 2.05) is 6.92 Å². The van der Waals surface area contributed by atoms with Crippen LogP contribution in [0.1, 0.15) is 44.1 Å². The average Bonchev–Trinajstić information content (AvgIpc) is 3.00. The predicted molar refractivity (Wildman–Crippen MR) is 96.5 cm³/mol. The van der Waals surface area contributed by atoms with Gasteiger partial charge in [0.2, 0.25) is 5.91 Å². The summed E-state index contributed by atoms with van der Waals surface area (Å²) in [4.78, 5) is 26.0. The van der Waals surface area contributed by atoms with Gasteiger partial charge in [0, 0.05) is 12.5 Å². The lowest BCUT2D eigenvalue weighted by Gasteiger charge is -2.33. The van der Waals surface area contributed by atoms with Gasteiger partial charge < -0.3 is 10.0 Å². The number of carboxylic acids is 1. The maximum absolute atomic E-state index is 12.7. The van der Waals surface area contributed by atoms with E-state index < -0.39 is 21.8 Å². The van der Waals surface area contributed by atoms with E-state index in [1.165, 1.54) is 4.90 Å². The molecule has 0 aromatic heterocycles. The number of likely N-dealkylation sites (tertiary alicyclic amines) is 1. The van der Waals surface area contributed by atoms with Gasteiger partial charge in [-0.05, 0) is 44.2 Å². The molecule has 6 nitrogen and oxygen atoms in total. The minimum absolute atomic E-state index is 0.0561. The molecule has 0 bridgehead atoms. The second-order valence-corrected chi connectivity index (χ2v) is 9.49. The van der Waals surface area contributed by atoms with E-state index in [2.05, 4.69) is 0 Å². The fourth-order valence-electron chi connectivity index (χ4n) is 4.25. The monoisotopic (exact) mass is 379 g/mol. The number of carbonyl (C=O) groups excluding carboxylic acids is 1. The fourth-order valence-corrected chi connectivity index (χ4v) is 5.48. The van der Waals surface area contributed by atoms with Gasteiger partial charge in [0.05, 0.1) is 10.6 Å². The number of carboxylic acid groups (broad SMARTS) is 1. The van der Waals surface area contributed by atoms with Crippen LogP contribution >= 0.6 is 0 Å². The number of benzene rings is 1. The number of fused-ring (bicyclic) bond motifs is 1. The van der Waals surface area contributed by atoms with Gasteiger partial charge >= 0.3 is 5.97 Å². The zero-order valence-electron chi connectivity index (χ0n) is 14.9. The van der Waals surface area contributed by atoms with Gasteiger partial charge in [0.25, 0.3) is 0 Å². The van der Waals surface area contributed by atoms with Crippen LogP contribution in [0.3, 0.4) is 0 Å². The van der Waals surface area contributed by atoms with Crippen LogP contribution in [0, 0.1) is 12.8 Å². The van der Waals surface area contributed by atoms with Crippen molar-refractivity contribution in [1.29, 1.82) is 0 Å². The zero-order chi connectivity index (χ0) is 18.9. The maximum Gasteiger partial charge on any atom is 0.326 e. The van der Waals surface area contributed by atoms with Gasteiger partial charge in [-0.15, -0.1) is 0 Å². The van der Waals surface area contributed by atoms with E-state index in [9.17, 15) is 23.1 Å². The standard InChI is InChI=1S/C19H25NO5S/c1-13-6-8-15(9-7-13)26(24,25)11-10-18(21)20-16-5-3-2-4-14(16)12-17(20)19(22)23/h6-9,14,16-17H,2-5,10-12H2,1H3,(H,22,23)/t14-,16-,17+/m1/s1. The first-order valence-corrected chi connectivity index (χ1v) is 10.8. The third kappa shape index (κ3) is 3.77. The summed E-state index contributed by atoms with van der Waals surface area (Å²) in [6.45, 7) is 1.87. The van der Waals surface area contributed by atoms with E-state index >= 15 is 0 Å². The smallest absolute Gasteiger partial charge is 0.326 e. The molecule has 142 valence electrons. The Kier molecular flexibility index (Phi) is 5.37. The number of carbonyl (C=O) groups is 2. The van der Waals surface area contributed by atoms with Crippen molar-refractivity contribution in [2.24, 2.45) is 5.92 Å². The molecule has 1 amide bonds. The molecule has 1 saturated carbocycles. The molecule has 2 fully saturated rings. The van der Waals surface area contributed by atoms with E-state index in [-0.39, 0.29) is 34.9 Å². The average molecular weight is 379 g/mol. The highest BCUT2D eigenvalue weighted by atomic mass is 32.2. The third-order valence-corrected chi connectivity index (χ3v) is 7.36. The van der Waals surface area contributed by atoms with Crippen LogP contribution in [0.15, 0.2) is 29.2 Å². The third-order valence-electron chi connectivity index (χ3n) is 5.63. The van der Waals surface area contributed by atoms with Gasteiger partial charge in [-0.3, -0.25) is 4.79 Å². The quantitative estimate of drug-likeness (QED) is 0.848. The summed E-state index contributed by atoms with van der Waals surface area (Å²) < 4.78 is 24.9. The van der Waals surface area contributed by atoms with Crippen LogP contribution in [0.25, 0.3) is 0 Å². The van der Waals surface area contributed by atoms with Crippen LogP contribution in [-0.2, 0) is 19.4 Å². The van der Waals surface area contributed by atoms with E-state index in [4.69, 9.17) is 0 Å². The molecule has 1 aromatic carbocycles. The molecule has 2 aliphatic rings. The zero-order valence-corrected chi connectivity index (χ0v) is 15.7. The lowest BCUT2D eigenvalue weighted by molar-refractivity contribution is -0.149.